The summed E-state index contributed by atoms with van der Waals surface area (Å²) in [6, 6.07) is -0.995. The van der Waals surface area contributed by atoms with Crippen LogP contribution in [0.5, 0.6) is 0 Å². The van der Waals surface area contributed by atoms with Crippen molar-refractivity contribution in [1.82, 2.24) is 20.2 Å². The molecule has 1 atom stereocenters. The molecule has 0 spiro atoms. The van der Waals surface area contributed by atoms with Gasteiger partial charge in [0.1, 0.15) is 12.6 Å². The number of aliphatic hydroxyl groups excluding tert-OH is 1. The lowest BCUT2D eigenvalue weighted by Crippen LogP contribution is -2.52. The molecular formula is C15H22N4O5. The first-order chi connectivity index (χ1) is 11.4. The molecule has 1 aliphatic rings. The minimum absolute atomic E-state index is 0.0768. The van der Waals surface area contributed by atoms with Gasteiger partial charge in [0.2, 0.25) is 11.8 Å². The summed E-state index contributed by atoms with van der Waals surface area (Å²) in [6.07, 6.45) is 5.16. The van der Waals surface area contributed by atoms with E-state index < -0.39 is 35.7 Å². The number of carbonyl (C=O) groups is 2. The van der Waals surface area contributed by atoms with Crippen LogP contribution in [-0.4, -0.2) is 45.2 Å². The molecule has 0 unspecified atom stereocenters. The van der Waals surface area contributed by atoms with Gasteiger partial charge in [0.05, 0.1) is 6.61 Å². The van der Waals surface area contributed by atoms with Crippen LogP contribution in [0.4, 0.5) is 0 Å². The topological polar surface area (TPSA) is 133 Å². The fraction of sp³-hybridized carbons (Fsp3) is 0.600. The van der Waals surface area contributed by atoms with Gasteiger partial charge < -0.3 is 15.7 Å². The SMILES string of the molecule is Cc1cn(CC(=O)N[C@@H](CO)C(=O)NC2CCCC2)c(=O)[nH]c1=O. The predicted molar refractivity (Wildman–Crippen MR) is 85.5 cm³/mol. The Kier molecular flexibility index (Phi) is 5.91. The Bertz CT molecular complexity index is 717. The van der Waals surface area contributed by atoms with Gasteiger partial charge in [-0.05, 0) is 19.8 Å². The number of hydrogen-bond donors (Lipinski definition) is 4. The lowest BCUT2D eigenvalue weighted by atomic mass is 10.2. The molecule has 2 amide bonds. The summed E-state index contributed by atoms with van der Waals surface area (Å²) in [6.45, 7) is 0.617. The van der Waals surface area contributed by atoms with E-state index in [0.29, 0.717) is 5.56 Å². The average molecular weight is 338 g/mol. The van der Waals surface area contributed by atoms with Gasteiger partial charge in [-0.15, -0.1) is 0 Å². The van der Waals surface area contributed by atoms with E-state index in [1.54, 1.807) is 0 Å². The highest BCUT2D eigenvalue weighted by Gasteiger charge is 2.24. The minimum Gasteiger partial charge on any atom is -0.394 e. The van der Waals surface area contributed by atoms with Crippen LogP contribution in [0.1, 0.15) is 31.2 Å². The van der Waals surface area contributed by atoms with Crippen molar-refractivity contribution in [3.63, 3.8) is 0 Å². The number of aryl methyl sites for hydroxylation is 1. The van der Waals surface area contributed by atoms with Crippen molar-refractivity contribution >= 4 is 11.8 Å². The molecule has 0 aliphatic heterocycles. The van der Waals surface area contributed by atoms with Crippen LogP contribution in [0, 0.1) is 6.92 Å². The number of amides is 2. The number of hydrogen-bond acceptors (Lipinski definition) is 5. The first-order valence-electron chi connectivity index (χ1n) is 7.91. The highest BCUT2D eigenvalue weighted by atomic mass is 16.3. The van der Waals surface area contributed by atoms with Crippen LogP contribution in [0.2, 0.25) is 0 Å². The molecule has 2 rings (SSSR count). The lowest BCUT2D eigenvalue weighted by molar-refractivity contribution is -0.130. The second kappa shape index (κ2) is 7.91. The van der Waals surface area contributed by atoms with Crippen LogP contribution < -0.4 is 21.9 Å². The first kappa shape index (κ1) is 17.9. The van der Waals surface area contributed by atoms with Crippen molar-refractivity contribution in [2.24, 2.45) is 0 Å². The monoisotopic (exact) mass is 338 g/mol. The van der Waals surface area contributed by atoms with E-state index in [4.69, 9.17) is 0 Å². The highest BCUT2D eigenvalue weighted by Crippen LogP contribution is 2.17. The molecule has 132 valence electrons. The van der Waals surface area contributed by atoms with Crippen LogP contribution in [0.3, 0.4) is 0 Å². The normalized spacial score (nSPS) is 15.9. The fourth-order valence-corrected chi connectivity index (χ4v) is 2.70. The number of aromatic amines is 1. The van der Waals surface area contributed by atoms with Gasteiger partial charge in [-0.2, -0.15) is 0 Å². The third kappa shape index (κ3) is 4.54. The summed E-state index contributed by atoms with van der Waals surface area (Å²) >= 11 is 0. The quantitative estimate of drug-likeness (QED) is 0.495. The van der Waals surface area contributed by atoms with Crippen LogP contribution in [0.25, 0.3) is 0 Å². The third-order valence-corrected chi connectivity index (χ3v) is 4.04. The standard InChI is InChI=1S/C15H22N4O5/c1-9-6-19(15(24)18-13(9)22)7-12(21)17-11(8-20)14(23)16-10-4-2-3-5-10/h6,10-11,20H,2-5,7-8H2,1H3,(H,16,23)(H,17,21)(H,18,22,24)/t11-/m0/s1. The number of H-pyrrole nitrogens is 1. The number of carbonyl (C=O) groups excluding carboxylic acids is 2. The van der Waals surface area contributed by atoms with E-state index >= 15 is 0 Å². The maximum atomic E-state index is 12.1. The molecule has 0 saturated heterocycles. The molecule has 9 nitrogen and oxygen atoms in total. The van der Waals surface area contributed by atoms with Crippen LogP contribution in [0.15, 0.2) is 15.8 Å². The zero-order valence-electron chi connectivity index (χ0n) is 13.5. The summed E-state index contributed by atoms with van der Waals surface area (Å²) in [5.74, 6) is -1.05. The van der Waals surface area contributed by atoms with Crippen molar-refractivity contribution in [3.05, 3.63) is 32.6 Å². The number of nitrogens with zero attached hydrogens (tertiary/aromatic N) is 1. The molecule has 1 fully saturated rings. The molecule has 9 heteroatoms. The molecule has 0 radical (unpaired) electrons. The Hall–Kier alpha value is -2.42. The van der Waals surface area contributed by atoms with Crippen molar-refractivity contribution < 1.29 is 14.7 Å². The van der Waals surface area contributed by atoms with Crippen molar-refractivity contribution in [3.8, 4) is 0 Å². The Labute approximate surface area is 138 Å². The smallest absolute Gasteiger partial charge is 0.328 e. The number of aliphatic hydroxyl groups is 1. The second-order valence-corrected chi connectivity index (χ2v) is 5.99. The Morgan fingerprint density at radius 2 is 2.04 bits per heavy atom. The van der Waals surface area contributed by atoms with Crippen LogP contribution in [-0.2, 0) is 16.1 Å². The van der Waals surface area contributed by atoms with Crippen molar-refractivity contribution in [2.45, 2.75) is 51.2 Å². The summed E-state index contributed by atoms with van der Waals surface area (Å²) < 4.78 is 1.04. The number of rotatable bonds is 6. The molecule has 1 aromatic rings. The summed E-state index contributed by atoms with van der Waals surface area (Å²) in [7, 11) is 0. The zero-order valence-corrected chi connectivity index (χ0v) is 13.5. The largest absolute Gasteiger partial charge is 0.394 e. The molecule has 4 N–H and O–H groups in total. The van der Waals surface area contributed by atoms with Gasteiger partial charge in [-0.1, -0.05) is 12.8 Å². The molecule has 0 aromatic carbocycles. The maximum absolute atomic E-state index is 12.1. The summed E-state index contributed by atoms with van der Waals surface area (Å²) in [5, 5.41) is 14.5. The van der Waals surface area contributed by atoms with E-state index in [1.807, 2.05) is 0 Å². The molecule has 0 bridgehead atoms. The molecule has 1 heterocycles. The van der Waals surface area contributed by atoms with Gasteiger partial charge in [0.25, 0.3) is 5.56 Å². The van der Waals surface area contributed by atoms with Gasteiger partial charge in [0.15, 0.2) is 0 Å². The minimum atomic E-state index is -1.07. The van der Waals surface area contributed by atoms with E-state index in [2.05, 4.69) is 15.6 Å². The Morgan fingerprint density at radius 1 is 1.38 bits per heavy atom. The highest BCUT2D eigenvalue weighted by molar-refractivity contribution is 5.87. The molecule has 1 aromatic heterocycles. The lowest BCUT2D eigenvalue weighted by Gasteiger charge is -2.19. The Balaban J connectivity index is 1.96. The maximum Gasteiger partial charge on any atom is 0.328 e. The fourth-order valence-electron chi connectivity index (χ4n) is 2.70. The Morgan fingerprint density at radius 3 is 2.67 bits per heavy atom. The van der Waals surface area contributed by atoms with Gasteiger partial charge in [-0.3, -0.25) is 23.9 Å². The molecule has 1 saturated carbocycles. The average Bonchev–Trinajstić information content (AvgIpc) is 3.03. The van der Waals surface area contributed by atoms with Crippen molar-refractivity contribution in [1.29, 1.82) is 0 Å². The van der Waals surface area contributed by atoms with Gasteiger partial charge in [-0.25, -0.2) is 4.79 Å². The van der Waals surface area contributed by atoms with E-state index in [9.17, 15) is 24.3 Å². The zero-order chi connectivity index (χ0) is 17.7. The summed E-state index contributed by atoms with van der Waals surface area (Å²) in [5.41, 5.74) is -0.933. The molecular weight excluding hydrogens is 316 g/mol. The predicted octanol–water partition coefficient (Wildman–Crippen LogP) is -1.62. The van der Waals surface area contributed by atoms with Crippen molar-refractivity contribution in [2.75, 3.05) is 6.61 Å². The van der Waals surface area contributed by atoms with E-state index in [-0.39, 0.29) is 12.6 Å². The molecule has 1 aliphatic carbocycles. The first-order valence-corrected chi connectivity index (χ1v) is 7.91. The summed E-state index contributed by atoms with van der Waals surface area (Å²) in [4.78, 5) is 49.1. The van der Waals surface area contributed by atoms with Gasteiger partial charge in [0, 0.05) is 17.8 Å². The van der Waals surface area contributed by atoms with E-state index in [1.165, 1.54) is 13.1 Å². The van der Waals surface area contributed by atoms with E-state index in [0.717, 1.165) is 30.3 Å². The van der Waals surface area contributed by atoms with Gasteiger partial charge >= 0.3 is 5.69 Å². The molecule has 24 heavy (non-hydrogen) atoms. The second-order valence-electron chi connectivity index (χ2n) is 5.99. The number of nitrogens with one attached hydrogen (secondary N) is 3. The third-order valence-electron chi connectivity index (χ3n) is 4.04. The van der Waals surface area contributed by atoms with Crippen LogP contribution >= 0.6 is 0 Å². The number of aromatic nitrogens is 2.